The zero-order valence-electron chi connectivity index (χ0n) is 28.0. The van der Waals surface area contributed by atoms with Gasteiger partial charge in [-0.3, -0.25) is 14.8 Å². The van der Waals surface area contributed by atoms with Crippen LogP contribution in [0.4, 0.5) is 0 Å². The molecule has 0 radical (unpaired) electrons. The summed E-state index contributed by atoms with van der Waals surface area (Å²) < 4.78 is 6.42. The van der Waals surface area contributed by atoms with Gasteiger partial charge in [0.15, 0.2) is 0 Å². The number of rotatable bonds is 22. The largest absolute Gasteiger partial charge is 0.493 e. The molecular formula is C37H52N4O2S3. The molecule has 0 atom stereocenters. The maximum Gasteiger partial charge on any atom is 0.236 e. The summed E-state index contributed by atoms with van der Waals surface area (Å²) in [6.07, 6.45) is 19.6. The number of nitrogens with zero attached hydrogens (tertiary/aromatic N) is 3. The van der Waals surface area contributed by atoms with Crippen molar-refractivity contribution in [1.29, 1.82) is 0 Å². The van der Waals surface area contributed by atoms with E-state index in [0.717, 1.165) is 57.1 Å². The van der Waals surface area contributed by atoms with Crippen molar-refractivity contribution in [1.82, 2.24) is 20.3 Å². The van der Waals surface area contributed by atoms with Crippen LogP contribution in [0.2, 0.25) is 0 Å². The van der Waals surface area contributed by atoms with Crippen molar-refractivity contribution in [2.45, 2.75) is 109 Å². The maximum absolute atomic E-state index is 12.9. The Bertz CT molecular complexity index is 1230. The first kappa shape index (κ1) is 38.0. The van der Waals surface area contributed by atoms with Crippen molar-refractivity contribution in [3.8, 4) is 28.5 Å². The predicted octanol–water partition coefficient (Wildman–Crippen LogP) is 10.3. The number of thiocarbonyl (C=S) groups is 1. The molecule has 0 saturated carbocycles. The third-order valence-electron chi connectivity index (χ3n) is 7.63. The summed E-state index contributed by atoms with van der Waals surface area (Å²) in [5.41, 5.74) is 3.07. The van der Waals surface area contributed by atoms with Gasteiger partial charge in [0, 0.05) is 31.1 Å². The number of nitrogens with one attached hydrogen (secondary N) is 1. The van der Waals surface area contributed by atoms with E-state index in [1.165, 1.54) is 76.0 Å². The first-order chi connectivity index (χ1) is 22.4. The quantitative estimate of drug-likeness (QED) is 0.0830. The van der Waals surface area contributed by atoms with Crippen LogP contribution in [0.3, 0.4) is 0 Å². The third kappa shape index (κ3) is 14.9. The van der Waals surface area contributed by atoms with Crippen LogP contribution in [0, 0.1) is 0 Å². The fourth-order valence-corrected chi connectivity index (χ4v) is 8.00. The standard InChI is InChI=1S/C37H52N4O2S3/c1-4-5-6-7-8-9-10-11-12-20-27-45-36(44)46-37(2,3)35(42)40-25-16-13-19-26-43-30-28-33(31-21-14-17-23-38-31)41-34(29-30)32-22-15-18-24-39-32/h14-15,17-18,21-24,28-29H,4-13,16,19-20,25-27H2,1-3H3,(H,40,42). The molecule has 3 aromatic rings. The Hall–Kier alpha value is -2.49. The number of pyridine rings is 3. The van der Waals surface area contributed by atoms with E-state index < -0.39 is 4.75 Å². The van der Waals surface area contributed by atoms with Gasteiger partial charge in [-0.1, -0.05) is 101 Å². The van der Waals surface area contributed by atoms with Gasteiger partial charge in [-0.15, -0.1) is 11.8 Å². The number of thioether (sulfide) groups is 2. The number of carbonyl (C=O) groups excluding carboxylic acids is 1. The second kappa shape index (κ2) is 22.1. The highest BCUT2D eigenvalue weighted by molar-refractivity contribution is 8.47. The molecule has 6 nitrogen and oxygen atoms in total. The van der Waals surface area contributed by atoms with Gasteiger partial charge in [0.1, 0.15) is 9.28 Å². The van der Waals surface area contributed by atoms with Gasteiger partial charge >= 0.3 is 0 Å². The normalized spacial score (nSPS) is 11.4. The van der Waals surface area contributed by atoms with Gasteiger partial charge in [-0.2, -0.15) is 0 Å². The topological polar surface area (TPSA) is 77.0 Å². The number of unbranched alkanes of at least 4 members (excludes halogenated alkanes) is 11. The first-order valence-corrected chi connectivity index (χ1v) is 19.2. The molecule has 46 heavy (non-hydrogen) atoms. The number of hydrogen-bond acceptors (Lipinski definition) is 8. The Labute approximate surface area is 291 Å². The molecule has 0 aliphatic heterocycles. The molecule has 0 bridgehead atoms. The van der Waals surface area contributed by atoms with Gasteiger partial charge in [0.2, 0.25) is 5.91 Å². The van der Waals surface area contributed by atoms with Crippen LogP contribution in [0.25, 0.3) is 22.8 Å². The zero-order valence-corrected chi connectivity index (χ0v) is 30.4. The Morgan fingerprint density at radius 1 is 0.783 bits per heavy atom. The number of carbonyl (C=O) groups is 1. The molecule has 3 aromatic heterocycles. The first-order valence-electron chi connectivity index (χ1n) is 17.0. The van der Waals surface area contributed by atoms with E-state index in [9.17, 15) is 4.79 Å². The van der Waals surface area contributed by atoms with Crippen LogP contribution < -0.4 is 10.1 Å². The number of aromatic nitrogens is 3. The fraction of sp³-hybridized carbons (Fsp3) is 0.541. The minimum Gasteiger partial charge on any atom is -0.493 e. The summed E-state index contributed by atoms with van der Waals surface area (Å²) >= 11 is 8.84. The van der Waals surface area contributed by atoms with Crippen molar-refractivity contribution in [2.24, 2.45) is 0 Å². The van der Waals surface area contributed by atoms with E-state index in [0.29, 0.717) is 13.2 Å². The number of hydrogen-bond donors (Lipinski definition) is 1. The van der Waals surface area contributed by atoms with E-state index >= 15 is 0 Å². The molecule has 9 heteroatoms. The lowest BCUT2D eigenvalue weighted by Crippen LogP contribution is -2.40. The lowest BCUT2D eigenvalue weighted by molar-refractivity contribution is -0.122. The molecule has 0 aliphatic rings. The molecule has 250 valence electrons. The van der Waals surface area contributed by atoms with Gasteiger partial charge in [0.25, 0.3) is 0 Å². The highest BCUT2D eigenvalue weighted by Crippen LogP contribution is 2.32. The van der Waals surface area contributed by atoms with Gasteiger partial charge in [0.05, 0.1) is 34.1 Å². The van der Waals surface area contributed by atoms with E-state index in [1.54, 1.807) is 24.2 Å². The Morgan fingerprint density at radius 2 is 1.35 bits per heavy atom. The number of ether oxygens (including phenoxy) is 1. The van der Waals surface area contributed by atoms with Crippen LogP contribution in [0.15, 0.2) is 60.9 Å². The summed E-state index contributed by atoms with van der Waals surface area (Å²) in [4.78, 5) is 26.6. The molecule has 0 unspecified atom stereocenters. The summed E-state index contributed by atoms with van der Waals surface area (Å²) in [5, 5.41) is 3.11. The Kier molecular flexibility index (Phi) is 18.3. The van der Waals surface area contributed by atoms with Crippen LogP contribution in [-0.2, 0) is 4.79 Å². The second-order valence-electron chi connectivity index (χ2n) is 12.1. The summed E-state index contributed by atoms with van der Waals surface area (Å²) in [6.45, 7) is 7.41. The molecule has 1 N–H and O–H groups in total. The summed E-state index contributed by atoms with van der Waals surface area (Å²) in [6, 6.07) is 15.4. The van der Waals surface area contributed by atoms with Crippen molar-refractivity contribution >= 4 is 45.2 Å². The lowest BCUT2D eigenvalue weighted by Gasteiger charge is -2.23. The summed E-state index contributed by atoms with van der Waals surface area (Å²) in [7, 11) is 0. The van der Waals surface area contributed by atoms with E-state index in [4.69, 9.17) is 21.9 Å². The highest BCUT2D eigenvalue weighted by atomic mass is 32.2. The van der Waals surface area contributed by atoms with Crippen molar-refractivity contribution in [3.63, 3.8) is 0 Å². The summed E-state index contributed by atoms with van der Waals surface area (Å²) in [5.74, 6) is 1.82. The smallest absolute Gasteiger partial charge is 0.236 e. The van der Waals surface area contributed by atoms with Gasteiger partial charge < -0.3 is 10.1 Å². The average Bonchev–Trinajstić information content (AvgIpc) is 3.07. The highest BCUT2D eigenvalue weighted by Gasteiger charge is 2.29. The molecule has 0 aromatic carbocycles. The SMILES string of the molecule is CCCCCCCCCCCCSC(=S)SC(C)(C)C(=O)NCCCCCOc1cc(-c2ccccn2)nc(-c2ccccn2)c1. The molecule has 0 aliphatic carbocycles. The van der Waals surface area contributed by atoms with Crippen molar-refractivity contribution in [3.05, 3.63) is 60.9 Å². The second-order valence-corrected chi connectivity index (χ2v) is 16.0. The van der Waals surface area contributed by atoms with Crippen molar-refractivity contribution in [2.75, 3.05) is 18.9 Å². The van der Waals surface area contributed by atoms with Gasteiger partial charge in [-0.05, 0) is 69.5 Å². The molecule has 0 fully saturated rings. The van der Waals surface area contributed by atoms with Crippen LogP contribution in [0.5, 0.6) is 5.75 Å². The lowest BCUT2D eigenvalue weighted by atomic mass is 10.1. The van der Waals surface area contributed by atoms with Gasteiger partial charge in [-0.25, -0.2) is 4.98 Å². The van der Waals surface area contributed by atoms with Crippen LogP contribution in [-0.4, -0.2) is 48.0 Å². The molecular weight excluding hydrogens is 629 g/mol. The number of amides is 1. The Balaban J connectivity index is 1.29. The molecule has 3 heterocycles. The molecule has 0 saturated heterocycles. The van der Waals surface area contributed by atoms with Crippen LogP contribution in [0.1, 0.15) is 104 Å². The van der Waals surface area contributed by atoms with Crippen LogP contribution >= 0.6 is 35.7 Å². The molecule has 0 spiro atoms. The van der Waals surface area contributed by atoms with Crippen molar-refractivity contribution < 1.29 is 9.53 Å². The molecule has 1 amide bonds. The maximum atomic E-state index is 12.9. The minimum absolute atomic E-state index is 0.0384. The monoisotopic (exact) mass is 680 g/mol. The minimum atomic E-state index is -0.580. The predicted molar refractivity (Wildman–Crippen MR) is 202 cm³/mol. The molecule has 3 rings (SSSR count). The average molecular weight is 681 g/mol. The van der Waals surface area contributed by atoms with E-state index in [2.05, 4.69) is 22.2 Å². The Morgan fingerprint density at radius 3 is 1.91 bits per heavy atom. The third-order valence-corrected chi connectivity index (χ3v) is 10.4. The van der Waals surface area contributed by atoms with E-state index in [1.807, 2.05) is 62.4 Å². The van der Waals surface area contributed by atoms with E-state index in [-0.39, 0.29) is 5.91 Å². The zero-order chi connectivity index (χ0) is 32.9. The fourth-order valence-electron chi connectivity index (χ4n) is 4.92.